The number of rotatable bonds is 3. The quantitative estimate of drug-likeness (QED) is 0.608. The van der Waals surface area contributed by atoms with Gasteiger partial charge in [-0.1, -0.05) is 54.6 Å². The molecule has 0 aromatic heterocycles. The molecule has 0 saturated heterocycles. The summed E-state index contributed by atoms with van der Waals surface area (Å²) >= 11 is 0. The maximum absolute atomic E-state index is 11.7. The van der Waals surface area contributed by atoms with Gasteiger partial charge in [-0.2, -0.15) is 0 Å². The van der Waals surface area contributed by atoms with Crippen LogP contribution in [-0.4, -0.2) is 13.1 Å². The highest BCUT2D eigenvalue weighted by Crippen LogP contribution is 2.32. The van der Waals surface area contributed by atoms with Crippen LogP contribution in [0, 0.1) is 5.92 Å². The SMILES string of the molecule is C=C[C@@H]1C=C(C(=O)OC)CC=C[C@@H]1c1ccccc1. The van der Waals surface area contributed by atoms with E-state index in [0.717, 1.165) is 0 Å². The van der Waals surface area contributed by atoms with Gasteiger partial charge in [0.1, 0.15) is 0 Å². The molecule has 0 unspecified atom stereocenters. The molecule has 0 saturated carbocycles. The van der Waals surface area contributed by atoms with Crippen molar-refractivity contribution in [3.8, 4) is 0 Å². The molecule has 2 atom stereocenters. The summed E-state index contributed by atoms with van der Waals surface area (Å²) in [5.74, 6) is 0.0707. The van der Waals surface area contributed by atoms with E-state index in [1.165, 1.54) is 12.7 Å². The van der Waals surface area contributed by atoms with E-state index in [1.54, 1.807) is 0 Å². The summed E-state index contributed by atoms with van der Waals surface area (Å²) in [6.07, 6.45) is 8.64. The zero-order chi connectivity index (χ0) is 13.7. The van der Waals surface area contributed by atoms with E-state index in [2.05, 4.69) is 24.8 Å². The average molecular weight is 254 g/mol. The molecule has 0 N–H and O–H groups in total. The largest absolute Gasteiger partial charge is 0.466 e. The lowest BCUT2D eigenvalue weighted by Gasteiger charge is -2.18. The summed E-state index contributed by atoms with van der Waals surface area (Å²) in [4.78, 5) is 11.7. The first-order chi connectivity index (χ1) is 9.26. The molecule has 1 aromatic rings. The van der Waals surface area contributed by atoms with Gasteiger partial charge in [-0.25, -0.2) is 4.79 Å². The number of hydrogen-bond donors (Lipinski definition) is 0. The number of carbonyl (C=O) groups is 1. The molecule has 0 spiro atoms. The van der Waals surface area contributed by atoms with E-state index in [-0.39, 0.29) is 17.8 Å². The first-order valence-electron chi connectivity index (χ1n) is 6.39. The minimum Gasteiger partial charge on any atom is -0.466 e. The second-order valence-corrected chi connectivity index (χ2v) is 4.57. The molecule has 0 amide bonds. The van der Waals surface area contributed by atoms with Crippen LogP contribution in [0.3, 0.4) is 0 Å². The van der Waals surface area contributed by atoms with Gasteiger partial charge in [0.15, 0.2) is 0 Å². The smallest absolute Gasteiger partial charge is 0.333 e. The Morgan fingerprint density at radius 3 is 2.74 bits per heavy atom. The van der Waals surface area contributed by atoms with Crippen LogP contribution in [-0.2, 0) is 9.53 Å². The number of carbonyl (C=O) groups excluding carboxylic acids is 1. The molecule has 0 fully saturated rings. The second-order valence-electron chi connectivity index (χ2n) is 4.57. The van der Waals surface area contributed by atoms with Crippen LogP contribution in [0.1, 0.15) is 17.9 Å². The van der Waals surface area contributed by atoms with Crippen LogP contribution < -0.4 is 0 Å². The third-order valence-corrected chi connectivity index (χ3v) is 3.39. The molecular formula is C17H18O2. The summed E-state index contributed by atoms with van der Waals surface area (Å²) in [5, 5.41) is 0. The molecule has 2 heteroatoms. The molecule has 1 aliphatic carbocycles. The monoisotopic (exact) mass is 254 g/mol. The molecule has 1 aliphatic rings. The third-order valence-electron chi connectivity index (χ3n) is 3.39. The van der Waals surface area contributed by atoms with Crippen LogP contribution in [0.5, 0.6) is 0 Å². The van der Waals surface area contributed by atoms with E-state index in [9.17, 15) is 4.79 Å². The Morgan fingerprint density at radius 2 is 2.11 bits per heavy atom. The van der Waals surface area contributed by atoms with Gasteiger partial charge >= 0.3 is 5.97 Å². The molecule has 0 heterocycles. The second kappa shape index (κ2) is 6.19. The molecule has 2 rings (SSSR count). The fourth-order valence-electron chi connectivity index (χ4n) is 2.38. The topological polar surface area (TPSA) is 26.3 Å². The van der Waals surface area contributed by atoms with E-state index < -0.39 is 0 Å². The number of methoxy groups -OCH3 is 1. The first-order valence-corrected chi connectivity index (χ1v) is 6.39. The van der Waals surface area contributed by atoms with Crippen molar-refractivity contribution in [3.05, 3.63) is 72.4 Å². The minimum atomic E-state index is -0.259. The fraction of sp³-hybridized carbons (Fsp3) is 0.235. The van der Waals surface area contributed by atoms with Gasteiger partial charge in [-0.3, -0.25) is 0 Å². The van der Waals surface area contributed by atoms with Crippen molar-refractivity contribution < 1.29 is 9.53 Å². The van der Waals surface area contributed by atoms with Crippen LogP contribution in [0.4, 0.5) is 0 Å². The van der Waals surface area contributed by atoms with Gasteiger partial charge in [-0.15, -0.1) is 6.58 Å². The molecular weight excluding hydrogens is 236 g/mol. The highest BCUT2D eigenvalue weighted by Gasteiger charge is 2.21. The standard InChI is InChI=1S/C17H18O2/c1-3-13-12-15(17(18)19-2)10-7-11-16(13)14-8-5-4-6-9-14/h3-9,11-13,16H,1,10H2,2H3/t13-,16+/m1/s1. The molecule has 0 aliphatic heterocycles. The molecule has 19 heavy (non-hydrogen) atoms. The number of hydrogen-bond acceptors (Lipinski definition) is 2. The van der Waals surface area contributed by atoms with Crippen LogP contribution in [0.15, 0.2) is 66.8 Å². The summed E-state index contributed by atoms with van der Waals surface area (Å²) in [6, 6.07) is 10.3. The predicted octanol–water partition coefficient (Wildman–Crippen LogP) is 3.63. The fourth-order valence-corrected chi connectivity index (χ4v) is 2.38. The van der Waals surface area contributed by atoms with Gasteiger partial charge in [0, 0.05) is 17.4 Å². The first kappa shape index (κ1) is 13.3. The van der Waals surface area contributed by atoms with E-state index in [1.807, 2.05) is 36.4 Å². The van der Waals surface area contributed by atoms with Crippen molar-refractivity contribution in [3.63, 3.8) is 0 Å². The lowest BCUT2D eigenvalue weighted by Crippen LogP contribution is -2.09. The Hall–Kier alpha value is -2.09. The molecule has 0 bridgehead atoms. The van der Waals surface area contributed by atoms with Crippen molar-refractivity contribution in [2.24, 2.45) is 5.92 Å². The Labute approximate surface area is 114 Å². The number of benzene rings is 1. The van der Waals surface area contributed by atoms with Gasteiger partial charge in [0.05, 0.1) is 7.11 Å². The lowest BCUT2D eigenvalue weighted by atomic mass is 9.86. The highest BCUT2D eigenvalue weighted by atomic mass is 16.5. The molecule has 98 valence electrons. The van der Waals surface area contributed by atoms with Gasteiger partial charge < -0.3 is 4.74 Å². The van der Waals surface area contributed by atoms with Crippen molar-refractivity contribution in [1.29, 1.82) is 0 Å². The van der Waals surface area contributed by atoms with Gasteiger partial charge in [-0.05, 0) is 12.0 Å². The number of allylic oxidation sites excluding steroid dienone is 4. The van der Waals surface area contributed by atoms with Crippen molar-refractivity contribution in [2.45, 2.75) is 12.3 Å². The maximum Gasteiger partial charge on any atom is 0.333 e. The van der Waals surface area contributed by atoms with Crippen molar-refractivity contribution in [2.75, 3.05) is 7.11 Å². The summed E-state index contributed by atoms with van der Waals surface area (Å²) in [6.45, 7) is 3.89. The Kier molecular flexibility index (Phi) is 4.35. The Morgan fingerprint density at radius 1 is 1.37 bits per heavy atom. The summed E-state index contributed by atoms with van der Waals surface area (Å²) in [7, 11) is 1.41. The molecule has 2 nitrogen and oxygen atoms in total. The highest BCUT2D eigenvalue weighted by molar-refractivity contribution is 5.88. The normalized spacial score (nSPS) is 22.3. The van der Waals surface area contributed by atoms with Crippen molar-refractivity contribution >= 4 is 5.97 Å². The van der Waals surface area contributed by atoms with E-state index in [0.29, 0.717) is 12.0 Å². The zero-order valence-corrected chi connectivity index (χ0v) is 11.1. The maximum atomic E-state index is 11.7. The van der Waals surface area contributed by atoms with Gasteiger partial charge in [0.2, 0.25) is 0 Å². The average Bonchev–Trinajstić information content (AvgIpc) is 2.69. The Balaban J connectivity index is 2.34. The van der Waals surface area contributed by atoms with Crippen molar-refractivity contribution in [1.82, 2.24) is 0 Å². The van der Waals surface area contributed by atoms with Crippen LogP contribution >= 0.6 is 0 Å². The predicted molar refractivity (Wildman–Crippen MR) is 76.7 cm³/mol. The number of ether oxygens (including phenoxy) is 1. The minimum absolute atomic E-state index is 0.107. The lowest BCUT2D eigenvalue weighted by molar-refractivity contribution is -0.136. The van der Waals surface area contributed by atoms with Crippen LogP contribution in [0.2, 0.25) is 0 Å². The summed E-state index contributed by atoms with van der Waals surface area (Å²) < 4.78 is 4.80. The van der Waals surface area contributed by atoms with Gasteiger partial charge in [0.25, 0.3) is 0 Å². The number of esters is 1. The third kappa shape index (κ3) is 3.02. The van der Waals surface area contributed by atoms with Crippen LogP contribution in [0.25, 0.3) is 0 Å². The Bertz CT molecular complexity index is 511. The molecule has 1 aromatic carbocycles. The van der Waals surface area contributed by atoms with E-state index >= 15 is 0 Å². The summed E-state index contributed by atoms with van der Waals surface area (Å²) in [5.41, 5.74) is 1.92. The molecule has 0 radical (unpaired) electrons. The van der Waals surface area contributed by atoms with E-state index in [4.69, 9.17) is 4.74 Å². The zero-order valence-electron chi connectivity index (χ0n) is 11.1.